The first-order chi connectivity index (χ1) is 24.8. The number of furan rings is 1. The van der Waals surface area contributed by atoms with E-state index < -0.39 is 0 Å². The molecule has 1 heterocycles. The molecule has 2 heteroatoms. The minimum Gasteiger partial charge on any atom is -0.456 e. The van der Waals surface area contributed by atoms with Crippen molar-refractivity contribution in [3.63, 3.8) is 0 Å². The lowest BCUT2D eigenvalue weighted by Gasteiger charge is -2.27. The van der Waals surface area contributed by atoms with Crippen LogP contribution in [0.5, 0.6) is 0 Å². The summed E-state index contributed by atoms with van der Waals surface area (Å²) in [7, 11) is 0. The predicted octanol–water partition coefficient (Wildman–Crippen LogP) is 13.8. The maximum Gasteiger partial charge on any atom is 0.136 e. The first kappa shape index (κ1) is 28.4. The Morgan fingerprint density at radius 2 is 0.980 bits per heavy atom. The van der Waals surface area contributed by atoms with Crippen molar-refractivity contribution in [2.45, 2.75) is 0 Å². The molecule has 0 saturated carbocycles. The van der Waals surface area contributed by atoms with Gasteiger partial charge >= 0.3 is 0 Å². The molecule has 50 heavy (non-hydrogen) atoms. The van der Waals surface area contributed by atoms with Crippen LogP contribution >= 0.6 is 0 Å². The summed E-state index contributed by atoms with van der Waals surface area (Å²) >= 11 is 0. The number of rotatable bonds is 5. The van der Waals surface area contributed by atoms with Gasteiger partial charge in [0.15, 0.2) is 0 Å². The van der Waals surface area contributed by atoms with Gasteiger partial charge in [-0.25, -0.2) is 0 Å². The molecule has 0 N–H and O–H groups in total. The quantitative estimate of drug-likeness (QED) is 0.175. The third-order valence-corrected chi connectivity index (χ3v) is 10.1. The van der Waals surface area contributed by atoms with Crippen LogP contribution < -0.4 is 4.90 Å². The molecule has 0 aliphatic rings. The number of hydrogen-bond donors (Lipinski definition) is 0. The zero-order valence-corrected chi connectivity index (χ0v) is 27.3. The number of anilines is 3. The van der Waals surface area contributed by atoms with Gasteiger partial charge < -0.3 is 9.32 Å². The zero-order chi connectivity index (χ0) is 33.0. The summed E-state index contributed by atoms with van der Waals surface area (Å²) in [6, 6.07) is 67.4. The fourth-order valence-electron chi connectivity index (χ4n) is 7.71. The summed E-state index contributed by atoms with van der Waals surface area (Å²) < 4.78 is 6.49. The number of benzene rings is 9. The van der Waals surface area contributed by atoms with Crippen molar-refractivity contribution >= 4 is 71.3 Å². The van der Waals surface area contributed by atoms with Gasteiger partial charge in [0.2, 0.25) is 0 Å². The van der Waals surface area contributed by atoms with Crippen molar-refractivity contribution in [2.75, 3.05) is 4.90 Å². The number of fused-ring (bicyclic) bond motifs is 8. The predicted molar refractivity (Wildman–Crippen MR) is 212 cm³/mol. The highest BCUT2D eigenvalue weighted by Gasteiger charge is 2.19. The molecule has 9 aromatic carbocycles. The highest BCUT2D eigenvalue weighted by Crippen LogP contribution is 2.44. The normalized spacial score (nSPS) is 11.6. The number of para-hydroxylation sites is 1. The van der Waals surface area contributed by atoms with E-state index in [9.17, 15) is 0 Å². The van der Waals surface area contributed by atoms with E-state index in [4.69, 9.17) is 4.42 Å². The average molecular weight is 638 g/mol. The van der Waals surface area contributed by atoms with Crippen LogP contribution in [0.3, 0.4) is 0 Å². The second-order valence-electron chi connectivity index (χ2n) is 12.9. The van der Waals surface area contributed by atoms with Gasteiger partial charge in [0.1, 0.15) is 11.2 Å². The summed E-state index contributed by atoms with van der Waals surface area (Å²) in [6.07, 6.45) is 0. The highest BCUT2D eigenvalue weighted by atomic mass is 16.3. The van der Waals surface area contributed by atoms with Crippen LogP contribution in [0.2, 0.25) is 0 Å². The second kappa shape index (κ2) is 11.5. The fraction of sp³-hybridized carbons (Fsp3) is 0. The molecule has 2 nitrogen and oxygen atoms in total. The van der Waals surface area contributed by atoms with E-state index in [1.165, 1.54) is 43.4 Å². The van der Waals surface area contributed by atoms with Crippen molar-refractivity contribution < 1.29 is 4.42 Å². The van der Waals surface area contributed by atoms with E-state index in [2.05, 4.69) is 193 Å². The van der Waals surface area contributed by atoms with Gasteiger partial charge in [0.25, 0.3) is 0 Å². The van der Waals surface area contributed by atoms with Gasteiger partial charge in [-0.1, -0.05) is 146 Å². The fourth-order valence-corrected chi connectivity index (χ4v) is 7.71. The van der Waals surface area contributed by atoms with Gasteiger partial charge in [-0.3, -0.25) is 0 Å². The molecule has 0 aliphatic heterocycles. The lowest BCUT2D eigenvalue weighted by Crippen LogP contribution is -2.10. The molecule has 10 rings (SSSR count). The minimum atomic E-state index is 0.876. The van der Waals surface area contributed by atoms with E-state index >= 15 is 0 Å². The largest absolute Gasteiger partial charge is 0.456 e. The Morgan fingerprint density at radius 3 is 1.84 bits per heavy atom. The summed E-state index contributed by atoms with van der Waals surface area (Å²) in [5, 5.41) is 9.73. The van der Waals surface area contributed by atoms with Crippen molar-refractivity contribution in [1.82, 2.24) is 0 Å². The molecule has 0 atom stereocenters. The summed E-state index contributed by atoms with van der Waals surface area (Å²) in [4.78, 5) is 2.38. The molecule has 0 saturated heterocycles. The summed E-state index contributed by atoms with van der Waals surface area (Å²) in [6.45, 7) is 0. The Hall–Kier alpha value is -6.64. The molecule has 0 bridgehead atoms. The molecule has 234 valence electrons. The Kier molecular flexibility index (Phi) is 6.53. The topological polar surface area (TPSA) is 16.4 Å². The van der Waals surface area contributed by atoms with E-state index in [0.717, 1.165) is 50.1 Å². The summed E-state index contributed by atoms with van der Waals surface area (Å²) in [5.74, 6) is 0. The number of hydrogen-bond acceptors (Lipinski definition) is 2. The molecular weight excluding hydrogens is 607 g/mol. The van der Waals surface area contributed by atoms with Gasteiger partial charge in [-0.05, 0) is 91.6 Å². The minimum absolute atomic E-state index is 0.876. The van der Waals surface area contributed by atoms with Crippen LogP contribution in [-0.2, 0) is 0 Å². The third-order valence-electron chi connectivity index (χ3n) is 10.1. The first-order valence-corrected chi connectivity index (χ1v) is 17.1. The highest BCUT2D eigenvalue weighted by molar-refractivity contribution is 6.20. The Balaban J connectivity index is 1.16. The lowest BCUT2D eigenvalue weighted by atomic mass is 9.95. The Labute approximate surface area is 290 Å². The van der Waals surface area contributed by atoms with Gasteiger partial charge in [0.05, 0.1) is 5.69 Å². The smallest absolute Gasteiger partial charge is 0.136 e. The average Bonchev–Trinajstić information content (AvgIpc) is 3.57. The molecule has 10 aromatic rings. The molecule has 1 aromatic heterocycles. The van der Waals surface area contributed by atoms with Crippen LogP contribution in [0.15, 0.2) is 192 Å². The molecule has 0 aliphatic carbocycles. The van der Waals surface area contributed by atoms with Crippen LogP contribution in [-0.4, -0.2) is 0 Å². The van der Waals surface area contributed by atoms with Crippen LogP contribution in [0.25, 0.3) is 76.5 Å². The van der Waals surface area contributed by atoms with Crippen LogP contribution in [0.1, 0.15) is 0 Å². The van der Waals surface area contributed by atoms with Crippen molar-refractivity contribution in [2.24, 2.45) is 0 Å². The monoisotopic (exact) mass is 637 g/mol. The lowest BCUT2D eigenvalue weighted by molar-refractivity contribution is 0.669. The summed E-state index contributed by atoms with van der Waals surface area (Å²) in [5.41, 5.74) is 9.81. The molecule has 0 spiro atoms. The SMILES string of the molecule is c1ccc(-c2ccc(-c3cccc4oc5ccc(N(c6ccccc6)c6cccc7c6ccc6c8ccccc8ccc76)cc5c34)cc2)cc1. The van der Waals surface area contributed by atoms with E-state index in [-0.39, 0.29) is 0 Å². The molecule has 0 unspecified atom stereocenters. The zero-order valence-electron chi connectivity index (χ0n) is 27.3. The molecule has 0 radical (unpaired) electrons. The van der Waals surface area contributed by atoms with Gasteiger partial charge in [-0.2, -0.15) is 0 Å². The number of nitrogens with zero attached hydrogens (tertiary/aromatic N) is 1. The molecular formula is C48H31NO. The van der Waals surface area contributed by atoms with Gasteiger partial charge in [0, 0.05) is 27.5 Å². The standard InChI is InChI=1S/C48H31NO/c1-3-11-32(12-4-1)33-21-23-35(24-22-33)39-17-10-20-47-48(39)44-31-37(26-30-46(44)50-47)49(36-14-5-2-6-15-36)45-19-9-18-40-42-27-25-34-13-7-8-16-38(34)41(42)28-29-43(40)45/h1-31H. The van der Waals surface area contributed by atoms with E-state index in [1.807, 2.05) is 0 Å². The van der Waals surface area contributed by atoms with Crippen molar-refractivity contribution in [1.29, 1.82) is 0 Å². The molecule has 0 fully saturated rings. The Bertz CT molecular complexity index is 2850. The van der Waals surface area contributed by atoms with Crippen LogP contribution in [0, 0.1) is 0 Å². The first-order valence-electron chi connectivity index (χ1n) is 17.1. The second-order valence-corrected chi connectivity index (χ2v) is 12.9. The third kappa shape index (κ3) is 4.57. The van der Waals surface area contributed by atoms with Gasteiger partial charge in [-0.15, -0.1) is 0 Å². The maximum atomic E-state index is 6.49. The molecule has 0 amide bonds. The van der Waals surface area contributed by atoms with E-state index in [0.29, 0.717) is 0 Å². The van der Waals surface area contributed by atoms with Crippen LogP contribution in [0.4, 0.5) is 17.1 Å². The maximum absolute atomic E-state index is 6.49. The van der Waals surface area contributed by atoms with E-state index in [1.54, 1.807) is 0 Å². The van der Waals surface area contributed by atoms with Crippen molar-refractivity contribution in [3.05, 3.63) is 188 Å². The Morgan fingerprint density at radius 1 is 0.340 bits per heavy atom. The van der Waals surface area contributed by atoms with Crippen molar-refractivity contribution in [3.8, 4) is 22.3 Å².